The maximum Gasteiger partial charge on any atom is 0.227 e. The van der Waals surface area contributed by atoms with E-state index in [-0.39, 0.29) is 17.9 Å². The Hall–Kier alpha value is -0.390. The second-order valence-corrected chi connectivity index (χ2v) is 4.16. The van der Waals surface area contributed by atoms with E-state index in [1.54, 1.807) is 0 Å². The molecule has 0 spiro atoms. The molecular formula is C8H13BrN2O2. The summed E-state index contributed by atoms with van der Waals surface area (Å²) in [6.07, 6.45) is 0. The van der Waals surface area contributed by atoms with Crippen molar-refractivity contribution in [2.24, 2.45) is 11.7 Å². The minimum Gasteiger partial charge on any atom is -0.379 e. The number of carbonyl (C=O) groups excluding carboxylic acids is 1. The molecule has 4 nitrogen and oxygen atoms in total. The minimum absolute atomic E-state index is 0.0643. The molecule has 0 aliphatic carbocycles. The van der Waals surface area contributed by atoms with Gasteiger partial charge in [0.1, 0.15) is 0 Å². The number of ether oxygens (including phenoxy) is 1. The summed E-state index contributed by atoms with van der Waals surface area (Å²) in [5, 5.41) is 2.71. The molecule has 1 heterocycles. The fourth-order valence-electron chi connectivity index (χ4n) is 1.16. The molecule has 0 bridgehead atoms. The summed E-state index contributed by atoms with van der Waals surface area (Å²) in [4.78, 5) is 11.4. The normalized spacial score (nSPS) is 27.2. The summed E-state index contributed by atoms with van der Waals surface area (Å²) >= 11 is 3.15. The first-order valence-electron chi connectivity index (χ1n) is 4.05. The van der Waals surface area contributed by atoms with Gasteiger partial charge in [0.25, 0.3) is 0 Å². The number of carbonyl (C=O) groups is 1. The van der Waals surface area contributed by atoms with Crippen LogP contribution in [0.5, 0.6) is 0 Å². The van der Waals surface area contributed by atoms with E-state index in [1.807, 2.05) is 0 Å². The highest BCUT2D eigenvalue weighted by atomic mass is 79.9. The van der Waals surface area contributed by atoms with E-state index >= 15 is 0 Å². The van der Waals surface area contributed by atoms with Gasteiger partial charge < -0.3 is 15.8 Å². The van der Waals surface area contributed by atoms with Crippen LogP contribution in [-0.2, 0) is 9.53 Å². The molecule has 0 aromatic carbocycles. The average molecular weight is 249 g/mol. The van der Waals surface area contributed by atoms with Crippen LogP contribution in [0.2, 0.25) is 0 Å². The number of nitrogens with two attached hydrogens (primary N) is 1. The summed E-state index contributed by atoms with van der Waals surface area (Å²) in [6, 6.07) is -0.177. The molecule has 1 fully saturated rings. The Morgan fingerprint density at radius 1 is 1.69 bits per heavy atom. The Morgan fingerprint density at radius 2 is 2.38 bits per heavy atom. The van der Waals surface area contributed by atoms with Crippen molar-refractivity contribution in [3.63, 3.8) is 0 Å². The Bertz CT molecular complexity index is 220. The Labute approximate surface area is 85.6 Å². The molecule has 0 aromatic heterocycles. The molecule has 5 heteroatoms. The lowest BCUT2D eigenvalue weighted by Gasteiger charge is -2.12. The van der Waals surface area contributed by atoms with Gasteiger partial charge >= 0.3 is 0 Å². The first-order valence-corrected chi connectivity index (χ1v) is 4.85. The highest BCUT2D eigenvalue weighted by Crippen LogP contribution is 2.11. The van der Waals surface area contributed by atoms with Crippen molar-refractivity contribution in [2.75, 3.05) is 19.8 Å². The Balaban J connectivity index is 2.34. The molecule has 1 rings (SSSR count). The first-order chi connectivity index (χ1) is 6.11. The quantitative estimate of drug-likeness (QED) is 0.739. The predicted octanol–water partition coefficient (Wildman–Crippen LogP) is -0.0151. The van der Waals surface area contributed by atoms with Crippen molar-refractivity contribution in [1.82, 2.24) is 5.32 Å². The number of hydrogen-bond acceptors (Lipinski definition) is 3. The Morgan fingerprint density at radius 3 is 2.85 bits per heavy atom. The van der Waals surface area contributed by atoms with Gasteiger partial charge in [0.05, 0.1) is 19.1 Å². The zero-order chi connectivity index (χ0) is 9.84. The minimum atomic E-state index is -0.216. The fourth-order valence-corrected chi connectivity index (χ4v) is 1.30. The topological polar surface area (TPSA) is 64.3 Å². The van der Waals surface area contributed by atoms with E-state index in [0.29, 0.717) is 19.8 Å². The number of hydrogen-bond donors (Lipinski definition) is 2. The molecule has 1 saturated heterocycles. The van der Waals surface area contributed by atoms with Crippen molar-refractivity contribution in [3.05, 3.63) is 11.1 Å². The van der Waals surface area contributed by atoms with E-state index in [9.17, 15) is 4.79 Å². The maximum absolute atomic E-state index is 11.4. The van der Waals surface area contributed by atoms with Crippen molar-refractivity contribution < 1.29 is 9.53 Å². The van der Waals surface area contributed by atoms with Crippen LogP contribution >= 0.6 is 15.9 Å². The van der Waals surface area contributed by atoms with Gasteiger partial charge in [-0.15, -0.1) is 0 Å². The SMILES string of the molecule is C=C(Br)CNC(=O)C1COCC1N. The van der Waals surface area contributed by atoms with Crippen LogP contribution in [0.1, 0.15) is 0 Å². The van der Waals surface area contributed by atoms with Gasteiger partial charge in [-0.05, 0) is 0 Å². The van der Waals surface area contributed by atoms with E-state index < -0.39 is 0 Å². The molecule has 1 aliphatic heterocycles. The predicted molar refractivity (Wildman–Crippen MR) is 53.4 cm³/mol. The third kappa shape index (κ3) is 3.10. The van der Waals surface area contributed by atoms with Crippen LogP contribution in [0.15, 0.2) is 11.1 Å². The summed E-state index contributed by atoms with van der Waals surface area (Å²) in [6.45, 7) is 4.93. The lowest BCUT2D eigenvalue weighted by Crippen LogP contribution is -2.41. The first kappa shape index (κ1) is 10.7. The summed E-state index contributed by atoms with van der Waals surface area (Å²) in [7, 11) is 0. The van der Waals surface area contributed by atoms with Crippen molar-refractivity contribution >= 4 is 21.8 Å². The van der Waals surface area contributed by atoms with Gasteiger partial charge in [0.15, 0.2) is 0 Å². The summed E-state index contributed by atoms with van der Waals surface area (Å²) in [5.74, 6) is -0.280. The fraction of sp³-hybridized carbons (Fsp3) is 0.625. The van der Waals surface area contributed by atoms with Crippen LogP contribution < -0.4 is 11.1 Å². The van der Waals surface area contributed by atoms with Crippen molar-refractivity contribution in [2.45, 2.75) is 6.04 Å². The van der Waals surface area contributed by atoms with Crippen molar-refractivity contribution in [3.8, 4) is 0 Å². The molecule has 74 valence electrons. The molecule has 3 N–H and O–H groups in total. The lowest BCUT2D eigenvalue weighted by molar-refractivity contribution is -0.125. The molecule has 1 amide bonds. The van der Waals surface area contributed by atoms with Crippen LogP contribution in [0, 0.1) is 5.92 Å². The van der Waals surface area contributed by atoms with Crippen LogP contribution in [0.3, 0.4) is 0 Å². The maximum atomic E-state index is 11.4. The van der Waals surface area contributed by atoms with Gasteiger partial charge in [-0.2, -0.15) is 0 Å². The molecule has 0 radical (unpaired) electrons. The van der Waals surface area contributed by atoms with Gasteiger partial charge in [-0.1, -0.05) is 22.5 Å². The molecule has 2 atom stereocenters. The van der Waals surface area contributed by atoms with Gasteiger partial charge in [0.2, 0.25) is 5.91 Å². The third-order valence-corrected chi connectivity index (χ3v) is 2.20. The number of rotatable bonds is 3. The van der Waals surface area contributed by atoms with Crippen LogP contribution in [0.25, 0.3) is 0 Å². The Kier molecular flexibility index (Phi) is 3.90. The molecular weight excluding hydrogens is 236 g/mol. The number of halogens is 1. The number of amides is 1. The molecule has 1 aliphatic rings. The van der Waals surface area contributed by atoms with E-state index in [2.05, 4.69) is 27.8 Å². The molecule has 0 aromatic rings. The van der Waals surface area contributed by atoms with E-state index in [4.69, 9.17) is 10.5 Å². The largest absolute Gasteiger partial charge is 0.379 e. The van der Waals surface area contributed by atoms with Crippen molar-refractivity contribution in [1.29, 1.82) is 0 Å². The van der Waals surface area contributed by atoms with E-state index in [1.165, 1.54) is 0 Å². The average Bonchev–Trinajstić information content (AvgIpc) is 2.47. The zero-order valence-electron chi connectivity index (χ0n) is 7.25. The van der Waals surface area contributed by atoms with Crippen LogP contribution in [-0.4, -0.2) is 31.7 Å². The third-order valence-electron chi connectivity index (χ3n) is 1.92. The van der Waals surface area contributed by atoms with Gasteiger partial charge in [-0.3, -0.25) is 4.79 Å². The summed E-state index contributed by atoms with van der Waals surface area (Å²) < 4.78 is 5.82. The highest BCUT2D eigenvalue weighted by Gasteiger charge is 2.30. The zero-order valence-corrected chi connectivity index (χ0v) is 8.84. The second kappa shape index (κ2) is 4.74. The highest BCUT2D eigenvalue weighted by molar-refractivity contribution is 9.11. The van der Waals surface area contributed by atoms with Gasteiger partial charge in [-0.25, -0.2) is 0 Å². The monoisotopic (exact) mass is 248 g/mol. The standard InChI is InChI=1S/C8H13BrN2O2/c1-5(9)2-11-8(12)6-3-13-4-7(6)10/h6-7H,1-4,10H2,(H,11,12). The van der Waals surface area contributed by atoms with Crippen LogP contribution in [0.4, 0.5) is 0 Å². The summed E-state index contributed by atoms with van der Waals surface area (Å²) in [5.41, 5.74) is 5.67. The van der Waals surface area contributed by atoms with E-state index in [0.717, 1.165) is 4.48 Å². The number of nitrogens with one attached hydrogen (secondary N) is 1. The molecule has 2 unspecified atom stereocenters. The lowest BCUT2D eigenvalue weighted by atomic mass is 10.0. The molecule has 0 saturated carbocycles. The second-order valence-electron chi connectivity index (χ2n) is 3.04. The van der Waals surface area contributed by atoms with Gasteiger partial charge in [0, 0.05) is 17.1 Å². The molecule has 13 heavy (non-hydrogen) atoms. The smallest absolute Gasteiger partial charge is 0.227 e.